The summed E-state index contributed by atoms with van der Waals surface area (Å²) in [4.78, 5) is 28.0. The molecule has 3 rings (SSSR count). The average Bonchev–Trinajstić information content (AvgIpc) is 2.53. The van der Waals surface area contributed by atoms with E-state index in [1.807, 2.05) is 0 Å². The highest BCUT2D eigenvalue weighted by atomic mass is 19.1. The van der Waals surface area contributed by atoms with Gasteiger partial charge in [-0.15, -0.1) is 0 Å². The van der Waals surface area contributed by atoms with E-state index in [4.69, 9.17) is 4.74 Å². The van der Waals surface area contributed by atoms with Crippen molar-refractivity contribution in [1.82, 2.24) is 9.80 Å². The van der Waals surface area contributed by atoms with Crippen LogP contribution >= 0.6 is 0 Å². The van der Waals surface area contributed by atoms with Gasteiger partial charge in [-0.2, -0.15) is 0 Å². The lowest BCUT2D eigenvalue weighted by atomic mass is 10.1. The molecule has 0 spiro atoms. The third kappa shape index (κ3) is 3.88. The Kier molecular flexibility index (Phi) is 4.91. The van der Waals surface area contributed by atoms with Crippen molar-refractivity contribution in [2.75, 3.05) is 32.8 Å². The zero-order valence-corrected chi connectivity index (χ0v) is 13.0. The number of carbonyl (C=O) groups excluding carboxylic acids is 2. The molecule has 2 saturated heterocycles. The number of hydrogen-bond acceptors (Lipinski definition) is 3. The first-order valence-electron chi connectivity index (χ1n) is 8.08. The summed E-state index contributed by atoms with van der Waals surface area (Å²) in [6, 6.07) is 5.71. The second-order valence-corrected chi connectivity index (χ2v) is 6.00. The maximum absolute atomic E-state index is 13.2. The van der Waals surface area contributed by atoms with Crippen LogP contribution in [0.5, 0.6) is 0 Å². The minimum Gasteiger partial charge on any atom is -0.378 e. The molecule has 124 valence electrons. The van der Waals surface area contributed by atoms with Gasteiger partial charge < -0.3 is 14.5 Å². The lowest BCUT2D eigenvalue weighted by Gasteiger charge is -2.35. The van der Waals surface area contributed by atoms with Crippen molar-refractivity contribution in [3.8, 4) is 0 Å². The Morgan fingerprint density at radius 2 is 1.87 bits per heavy atom. The molecule has 2 amide bonds. The van der Waals surface area contributed by atoms with E-state index in [1.165, 1.54) is 18.2 Å². The minimum atomic E-state index is -0.414. The fourth-order valence-corrected chi connectivity index (χ4v) is 2.92. The molecule has 1 atom stereocenters. The standard InChI is InChI=1S/C17H21FN2O3/c18-14-3-1-2-13(12-14)17(22)20-9-7-19(8-10-20)16(21)5-4-15-6-11-23-15/h1-3,12,15H,4-11H2. The fraction of sp³-hybridized carbons (Fsp3) is 0.529. The molecule has 1 aromatic carbocycles. The van der Waals surface area contributed by atoms with Crippen molar-refractivity contribution < 1.29 is 18.7 Å². The highest BCUT2D eigenvalue weighted by molar-refractivity contribution is 5.94. The number of amides is 2. The van der Waals surface area contributed by atoms with E-state index in [9.17, 15) is 14.0 Å². The van der Waals surface area contributed by atoms with Crippen LogP contribution in [0.3, 0.4) is 0 Å². The number of rotatable bonds is 4. The van der Waals surface area contributed by atoms with Gasteiger partial charge in [0, 0.05) is 44.8 Å². The highest BCUT2D eigenvalue weighted by Gasteiger charge is 2.26. The molecular formula is C17H21FN2O3. The molecule has 2 heterocycles. The summed E-state index contributed by atoms with van der Waals surface area (Å²) in [7, 11) is 0. The Balaban J connectivity index is 1.47. The van der Waals surface area contributed by atoms with Crippen molar-refractivity contribution in [2.24, 2.45) is 0 Å². The Morgan fingerprint density at radius 3 is 2.48 bits per heavy atom. The van der Waals surface area contributed by atoms with Crippen molar-refractivity contribution in [2.45, 2.75) is 25.4 Å². The first kappa shape index (κ1) is 15.9. The van der Waals surface area contributed by atoms with Gasteiger partial charge in [0.15, 0.2) is 0 Å². The number of halogens is 1. The van der Waals surface area contributed by atoms with Crippen molar-refractivity contribution in [3.63, 3.8) is 0 Å². The predicted octanol–water partition coefficient (Wildman–Crippen LogP) is 1.68. The minimum absolute atomic E-state index is 0.123. The van der Waals surface area contributed by atoms with E-state index >= 15 is 0 Å². The van der Waals surface area contributed by atoms with Crippen LogP contribution in [0.25, 0.3) is 0 Å². The summed E-state index contributed by atoms with van der Waals surface area (Å²) in [5, 5.41) is 0. The molecule has 1 unspecified atom stereocenters. The van der Waals surface area contributed by atoms with Crippen molar-refractivity contribution in [1.29, 1.82) is 0 Å². The van der Waals surface area contributed by atoms with Gasteiger partial charge in [-0.05, 0) is 31.0 Å². The molecule has 0 aromatic heterocycles. The molecule has 0 aliphatic carbocycles. The molecule has 5 nitrogen and oxygen atoms in total. The average molecular weight is 320 g/mol. The van der Waals surface area contributed by atoms with Crippen molar-refractivity contribution in [3.05, 3.63) is 35.6 Å². The molecule has 2 fully saturated rings. The van der Waals surface area contributed by atoms with E-state index in [0.29, 0.717) is 38.2 Å². The van der Waals surface area contributed by atoms with Gasteiger partial charge in [-0.1, -0.05) is 6.07 Å². The van der Waals surface area contributed by atoms with Crippen LogP contribution in [0.2, 0.25) is 0 Å². The first-order valence-corrected chi connectivity index (χ1v) is 8.08. The molecule has 0 radical (unpaired) electrons. The van der Waals surface area contributed by atoms with Crippen LogP contribution in [0.4, 0.5) is 4.39 Å². The van der Waals surface area contributed by atoms with E-state index in [1.54, 1.807) is 15.9 Å². The topological polar surface area (TPSA) is 49.9 Å². The van der Waals surface area contributed by atoms with Crippen LogP contribution in [0.1, 0.15) is 29.6 Å². The highest BCUT2D eigenvalue weighted by Crippen LogP contribution is 2.18. The third-order valence-electron chi connectivity index (χ3n) is 4.46. The summed E-state index contributed by atoms with van der Waals surface area (Å²) in [6.07, 6.45) is 2.57. The van der Waals surface area contributed by atoms with Gasteiger partial charge in [0.25, 0.3) is 5.91 Å². The number of carbonyl (C=O) groups is 2. The summed E-state index contributed by atoms with van der Waals surface area (Å²) in [5.74, 6) is -0.472. The Hall–Kier alpha value is -1.95. The van der Waals surface area contributed by atoms with Gasteiger partial charge in [-0.3, -0.25) is 9.59 Å². The fourth-order valence-electron chi connectivity index (χ4n) is 2.92. The third-order valence-corrected chi connectivity index (χ3v) is 4.46. The molecule has 0 bridgehead atoms. The van der Waals surface area contributed by atoms with E-state index in [-0.39, 0.29) is 17.9 Å². The van der Waals surface area contributed by atoms with E-state index in [0.717, 1.165) is 19.4 Å². The van der Waals surface area contributed by atoms with Crippen LogP contribution < -0.4 is 0 Å². The van der Waals surface area contributed by atoms with Gasteiger partial charge in [0.1, 0.15) is 5.82 Å². The maximum atomic E-state index is 13.2. The second-order valence-electron chi connectivity index (χ2n) is 6.00. The molecule has 23 heavy (non-hydrogen) atoms. The normalized spacial score (nSPS) is 21.0. The summed E-state index contributed by atoms with van der Waals surface area (Å²) in [6.45, 7) is 2.85. The summed E-state index contributed by atoms with van der Waals surface area (Å²) in [5.41, 5.74) is 0.354. The van der Waals surface area contributed by atoms with E-state index < -0.39 is 5.82 Å². The van der Waals surface area contributed by atoms with Crippen LogP contribution in [-0.2, 0) is 9.53 Å². The lowest BCUT2D eigenvalue weighted by Crippen LogP contribution is -2.50. The predicted molar refractivity (Wildman–Crippen MR) is 82.5 cm³/mol. The molecule has 1 aromatic rings. The van der Waals surface area contributed by atoms with E-state index in [2.05, 4.69) is 0 Å². The molecule has 2 aliphatic rings. The second kappa shape index (κ2) is 7.08. The van der Waals surface area contributed by atoms with Crippen molar-refractivity contribution >= 4 is 11.8 Å². The molecular weight excluding hydrogens is 299 g/mol. The first-order chi connectivity index (χ1) is 11.1. The number of benzene rings is 1. The zero-order chi connectivity index (χ0) is 16.2. The number of nitrogens with zero attached hydrogens (tertiary/aromatic N) is 2. The maximum Gasteiger partial charge on any atom is 0.254 e. The Labute approximate surface area is 135 Å². The van der Waals surface area contributed by atoms with Gasteiger partial charge in [-0.25, -0.2) is 4.39 Å². The smallest absolute Gasteiger partial charge is 0.254 e. The van der Waals surface area contributed by atoms with Crippen LogP contribution in [-0.4, -0.2) is 60.5 Å². The summed E-state index contributed by atoms with van der Waals surface area (Å²) >= 11 is 0. The molecule has 6 heteroatoms. The summed E-state index contributed by atoms with van der Waals surface area (Å²) < 4.78 is 18.5. The van der Waals surface area contributed by atoms with Crippen LogP contribution in [0.15, 0.2) is 24.3 Å². The number of hydrogen-bond donors (Lipinski definition) is 0. The lowest BCUT2D eigenvalue weighted by molar-refractivity contribution is -0.134. The monoisotopic (exact) mass is 320 g/mol. The van der Waals surface area contributed by atoms with Gasteiger partial charge in [0.2, 0.25) is 5.91 Å². The van der Waals surface area contributed by atoms with Crippen LogP contribution in [0, 0.1) is 5.82 Å². The Morgan fingerprint density at radius 1 is 1.17 bits per heavy atom. The quantitative estimate of drug-likeness (QED) is 0.848. The number of ether oxygens (including phenoxy) is 1. The zero-order valence-electron chi connectivity index (χ0n) is 13.0. The van der Waals surface area contributed by atoms with Gasteiger partial charge >= 0.3 is 0 Å². The molecule has 2 aliphatic heterocycles. The van der Waals surface area contributed by atoms with Gasteiger partial charge in [0.05, 0.1) is 6.10 Å². The number of piperazine rings is 1. The Bertz CT molecular complexity index is 581. The molecule has 0 saturated carbocycles. The molecule has 0 N–H and O–H groups in total. The SMILES string of the molecule is O=C(CCC1CCO1)N1CCN(C(=O)c2cccc(F)c2)CC1. The largest absolute Gasteiger partial charge is 0.378 e.